The highest BCUT2D eigenvalue weighted by Gasteiger charge is 2.05. The van der Waals surface area contributed by atoms with E-state index >= 15 is 0 Å². The zero-order chi connectivity index (χ0) is 12.1. The van der Waals surface area contributed by atoms with Crippen LogP contribution in [0.3, 0.4) is 0 Å². The van der Waals surface area contributed by atoms with Crippen molar-refractivity contribution in [3.63, 3.8) is 0 Å². The topological polar surface area (TPSA) is 59.0 Å². The molecule has 1 heterocycles. The number of aryl methyl sites for hydroxylation is 2. The van der Waals surface area contributed by atoms with Crippen molar-refractivity contribution in [1.82, 2.24) is 15.1 Å². The summed E-state index contributed by atoms with van der Waals surface area (Å²) in [6.45, 7) is 7.05. The molecule has 1 amide bonds. The van der Waals surface area contributed by atoms with Gasteiger partial charge in [0.25, 0.3) is 0 Å². The molecule has 90 valence electrons. The molecular weight excluding hydrogens is 204 g/mol. The van der Waals surface area contributed by atoms with E-state index in [4.69, 9.17) is 0 Å². The van der Waals surface area contributed by atoms with E-state index in [9.17, 15) is 4.79 Å². The molecule has 16 heavy (non-hydrogen) atoms. The van der Waals surface area contributed by atoms with E-state index in [1.807, 2.05) is 20.2 Å². The Labute approximate surface area is 96.2 Å². The molecule has 0 spiro atoms. The fourth-order valence-electron chi connectivity index (χ4n) is 1.33. The first-order valence-corrected chi connectivity index (χ1v) is 5.50. The van der Waals surface area contributed by atoms with Crippen molar-refractivity contribution in [2.24, 2.45) is 13.0 Å². The molecular formula is C11H20N4O. The maximum atomic E-state index is 11.4. The van der Waals surface area contributed by atoms with Crippen LogP contribution in [0, 0.1) is 12.8 Å². The molecule has 0 unspecified atom stereocenters. The van der Waals surface area contributed by atoms with E-state index in [0.29, 0.717) is 19.0 Å². The van der Waals surface area contributed by atoms with Crippen molar-refractivity contribution in [3.8, 4) is 0 Å². The Morgan fingerprint density at radius 1 is 1.56 bits per heavy atom. The number of aromatic nitrogens is 2. The van der Waals surface area contributed by atoms with Gasteiger partial charge in [0.05, 0.1) is 17.9 Å². The molecule has 1 rings (SSSR count). The van der Waals surface area contributed by atoms with Gasteiger partial charge in [0.15, 0.2) is 0 Å². The molecule has 5 heteroatoms. The standard InChI is InChI=1S/C11H20N4O/c1-8(2)5-13-11(16)6-12-10-7-15(4)14-9(10)3/h7-8,12H,5-6H2,1-4H3,(H,13,16). The summed E-state index contributed by atoms with van der Waals surface area (Å²) in [6, 6.07) is 0. The Morgan fingerprint density at radius 3 is 2.75 bits per heavy atom. The fourth-order valence-corrected chi connectivity index (χ4v) is 1.33. The molecule has 0 aliphatic rings. The second kappa shape index (κ2) is 5.53. The summed E-state index contributed by atoms with van der Waals surface area (Å²) in [5.74, 6) is 0.487. The highest BCUT2D eigenvalue weighted by molar-refractivity contribution is 5.80. The molecule has 1 aromatic rings. The van der Waals surface area contributed by atoms with Crippen molar-refractivity contribution >= 4 is 11.6 Å². The molecule has 0 atom stereocenters. The minimum atomic E-state index is 0.0111. The van der Waals surface area contributed by atoms with Crippen molar-refractivity contribution in [1.29, 1.82) is 0 Å². The molecule has 2 N–H and O–H groups in total. The highest BCUT2D eigenvalue weighted by Crippen LogP contribution is 2.10. The van der Waals surface area contributed by atoms with Crippen molar-refractivity contribution in [2.45, 2.75) is 20.8 Å². The van der Waals surface area contributed by atoms with Crippen molar-refractivity contribution < 1.29 is 4.79 Å². The minimum Gasteiger partial charge on any atom is -0.373 e. The van der Waals surface area contributed by atoms with Gasteiger partial charge in [-0.25, -0.2) is 0 Å². The maximum Gasteiger partial charge on any atom is 0.239 e. The molecule has 0 bridgehead atoms. The first-order valence-electron chi connectivity index (χ1n) is 5.50. The summed E-state index contributed by atoms with van der Waals surface area (Å²) in [6.07, 6.45) is 1.87. The SMILES string of the molecule is Cc1nn(C)cc1NCC(=O)NCC(C)C. The van der Waals surface area contributed by atoms with Gasteiger partial charge >= 0.3 is 0 Å². The van der Waals surface area contributed by atoms with Gasteiger partial charge in [-0.05, 0) is 12.8 Å². The molecule has 5 nitrogen and oxygen atoms in total. The Kier molecular flexibility index (Phi) is 4.34. The number of nitrogens with zero attached hydrogens (tertiary/aromatic N) is 2. The first-order chi connectivity index (χ1) is 7.49. The van der Waals surface area contributed by atoms with Crippen LogP contribution in [0.5, 0.6) is 0 Å². The third-order valence-corrected chi connectivity index (χ3v) is 2.16. The van der Waals surface area contributed by atoms with Gasteiger partial charge in [0.2, 0.25) is 5.91 Å². The number of anilines is 1. The minimum absolute atomic E-state index is 0.0111. The molecule has 0 radical (unpaired) electrons. The highest BCUT2D eigenvalue weighted by atomic mass is 16.1. The van der Waals surface area contributed by atoms with Gasteiger partial charge in [0.1, 0.15) is 0 Å². The molecule has 0 aliphatic carbocycles. The van der Waals surface area contributed by atoms with Crippen LogP contribution < -0.4 is 10.6 Å². The number of carbonyl (C=O) groups excluding carboxylic acids is 1. The third kappa shape index (κ3) is 3.92. The van der Waals surface area contributed by atoms with Gasteiger partial charge in [0, 0.05) is 19.8 Å². The van der Waals surface area contributed by atoms with Crippen LogP contribution in [0.25, 0.3) is 0 Å². The average molecular weight is 224 g/mol. The Hall–Kier alpha value is -1.52. The van der Waals surface area contributed by atoms with Crippen molar-refractivity contribution in [3.05, 3.63) is 11.9 Å². The Bertz CT molecular complexity index is 357. The summed E-state index contributed by atoms with van der Waals surface area (Å²) in [5.41, 5.74) is 1.81. The number of carbonyl (C=O) groups is 1. The number of rotatable bonds is 5. The van der Waals surface area contributed by atoms with Crippen LogP contribution in [-0.4, -0.2) is 28.8 Å². The van der Waals surface area contributed by atoms with Gasteiger partial charge in [-0.1, -0.05) is 13.8 Å². The zero-order valence-electron chi connectivity index (χ0n) is 10.4. The van der Waals surface area contributed by atoms with Crippen LogP contribution in [0.4, 0.5) is 5.69 Å². The maximum absolute atomic E-state index is 11.4. The summed E-state index contributed by atoms with van der Waals surface area (Å²) in [5, 5.41) is 10.1. The predicted molar refractivity (Wildman–Crippen MR) is 64.3 cm³/mol. The van der Waals surface area contributed by atoms with Crippen LogP contribution >= 0.6 is 0 Å². The fraction of sp³-hybridized carbons (Fsp3) is 0.636. The van der Waals surface area contributed by atoms with Gasteiger partial charge in [-0.15, -0.1) is 0 Å². The van der Waals surface area contributed by atoms with Crippen LogP contribution in [-0.2, 0) is 11.8 Å². The molecule has 0 aromatic carbocycles. The van der Waals surface area contributed by atoms with E-state index in [1.165, 1.54) is 0 Å². The molecule has 1 aromatic heterocycles. The second-order valence-corrected chi connectivity index (χ2v) is 4.35. The van der Waals surface area contributed by atoms with Gasteiger partial charge < -0.3 is 10.6 Å². The summed E-state index contributed by atoms with van der Waals surface area (Å²) >= 11 is 0. The lowest BCUT2D eigenvalue weighted by molar-refractivity contribution is -0.119. The van der Waals surface area contributed by atoms with E-state index in [1.54, 1.807) is 4.68 Å². The lowest BCUT2D eigenvalue weighted by Gasteiger charge is -2.08. The summed E-state index contributed by atoms with van der Waals surface area (Å²) in [4.78, 5) is 11.4. The quantitative estimate of drug-likeness (QED) is 0.781. The smallest absolute Gasteiger partial charge is 0.239 e. The van der Waals surface area contributed by atoms with E-state index in [2.05, 4.69) is 29.6 Å². The van der Waals surface area contributed by atoms with E-state index in [-0.39, 0.29) is 5.91 Å². The Morgan fingerprint density at radius 2 is 2.25 bits per heavy atom. The average Bonchev–Trinajstić information content (AvgIpc) is 2.51. The molecule has 0 saturated heterocycles. The van der Waals surface area contributed by atoms with Crippen LogP contribution in [0.15, 0.2) is 6.20 Å². The third-order valence-electron chi connectivity index (χ3n) is 2.16. The van der Waals surface area contributed by atoms with E-state index in [0.717, 1.165) is 11.4 Å². The predicted octanol–water partition coefficient (Wildman–Crippen LogP) is 0.913. The zero-order valence-corrected chi connectivity index (χ0v) is 10.4. The van der Waals surface area contributed by atoms with Crippen LogP contribution in [0.2, 0.25) is 0 Å². The Balaban J connectivity index is 2.34. The molecule has 0 fully saturated rings. The monoisotopic (exact) mass is 224 g/mol. The largest absolute Gasteiger partial charge is 0.373 e. The number of nitrogens with one attached hydrogen (secondary N) is 2. The van der Waals surface area contributed by atoms with Gasteiger partial charge in [-0.3, -0.25) is 9.48 Å². The number of hydrogen-bond donors (Lipinski definition) is 2. The number of hydrogen-bond acceptors (Lipinski definition) is 3. The van der Waals surface area contributed by atoms with Crippen LogP contribution in [0.1, 0.15) is 19.5 Å². The second-order valence-electron chi connectivity index (χ2n) is 4.35. The lowest BCUT2D eigenvalue weighted by atomic mass is 10.2. The molecule has 0 aliphatic heterocycles. The number of amides is 1. The first kappa shape index (κ1) is 12.5. The van der Waals surface area contributed by atoms with E-state index < -0.39 is 0 Å². The normalized spacial score (nSPS) is 10.6. The lowest BCUT2D eigenvalue weighted by Crippen LogP contribution is -2.32. The van der Waals surface area contributed by atoms with Gasteiger partial charge in [-0.2, -0.15) is 5.10 Å². The summed E-state index contributed by atoms with van der Waals surface area (Å²) in [7, 11) is 1.86. The molecule has 0 saturated carbocycles. The summed E-state index contributed by atoms with van der Waals surface area (Å²) < 4.78 is 1.73. The van der Waals surface area contributed by atoms with Crippen molar-refractivity contribution in [2.75, 3.05) is 18.4 Å².